The molecule has 0 bridgehead atoms. The number of anilines is 1. The van der Waals surface area contributed by atoms with Gasteiger partial charge in [-0.15, -0.1) is 0 Å². The Kier molecular flexibility index (Phi) is 6.60. The maximum atomic E-state index is 13.0. The average molecular weight is 523 g/mol. The zero-order chi connectivity index (χ0) is 27.2. The second kappa shape index (κ2) is 9.63. The lowest BCUT2D eigenvalue weighted by atomic mass is 9.74. The highest BCUT2D eigenvalue weighted by molar-refractivity contribution is 5.97. The molecule has 2 aliphatic carbocycles. The van der Waals surface area contributed by atoms with E-state index in [9.17, 15) is 14.7 Å². The maximum absolute atomic E-state index is 13.0. The molecule has 11 nitrogen and oxygen atoms in total. The molecule has 202 valence electrons. The predicted molar refractivity (Wildman–Crippen MR) is 140 cm³/mol. The van der Waals surface area contributed by atoms with Crippen molar-refractivity contribution in [1.82, 2.24) is 25.3 Å². The molecule has 1 aliphatic heterocycles. The first-order valence-corrected chi connectivity index (χ1v) is 12.8. The van der Waals surface area contributed by atoms with E-state index in [0.717, 1.165) is 31.5 Å². The van der Waals surface area contributed by atoms with Gasteiger partial charge in [0.05, 0.1) is 6.04 Å². The van der Waals surface area contributed by atoms with Crippen molar-refractivity contribution < 1.29 is 24.0 Å². The number of amides is 1. The number of methoxy groups -OCH3 is 1. The summed E-state index contributed by atoms with van der Waals surface area (Å²) in [6.07, 6.45) is 9.54. The van der Waals surface area contributed by atoms with Gasteiger partial charge in [-0.2, -0.15) is 0 Å². The van der Waals surface area contributed by atoms with E-state index in [4.69, 9.17) is 14.2 Å². The van der Waals surface area contributed by atoms with Crippen LogP contribution >= 0.6 is 0 Å². The summed E-state index contributed by atoms with van der Waals surface area (Å²) < 4.78 is 11.3. The number of carbonyl (C=O) groups excluding carboxylic acids is 1. The third-order valence-corrected chi connectivity index (χ3v) is 7.91. The Morgan fingerprint density at radius 1 is 1.24 bits per heavy atom. The van der Waals surface area contributed by atoms with Crippen molar-refractivity contribution in [2.24, 2.45) is 0 Å². The Bertz CT molecular complexity index is 1320. The summed E-state index contributed by atoms with van der Waals surface area (Å²) in [7, 11) is 3.69. The van der Waals surface area contributed by atoms with Gasteiger partial charge in [-0.3, -0.25) is 4.79 Å². The Labute approximate surface area is 221 Å². The van der Waals surface area contributed by atoms with Crippen LogP contribution in [0.25, 0.3) is 11.5 Å². The first kappa shape index (κ1) is 26.1. The van der Waals surface area contributed by atoms with Gasteiger partial charge < -0.3 is 29.9 Å². The molecule has 1 fully saturated rings. The van der Waals surface area contributed by atoms with E-state index in [1.807, 2.05) is 32.9 Å². The molecule has 5 rings (SSSR count). The number of aromatic nitrogens is 3. The van der Waals surface area contributed by atoms with Crippen LogP contribution < -0.4 is 10.6 Å². The van der Waals surface area contributed by atoms with Crippen LogP contribution in [0.5, 0.6) is 0 Å². The predicted octanol–water partition coefficient (Wildman–Crippen LogP) is 2.56. The summed E-state index contributed by atoms with van der Waals surface area (Å²) in [6, 6.07) is -0.209. The molecule has 11 heteroatoms. The lowest BCUT2D eigenvalue weighted by Crippen LogP contribution is -2.47. The summed E-state index contributed by atoms with van der Waals surface area (Å²) in [5.41, 5.74) is 1.10. The van der Waals surface area contributed by atoms with Gasteiger partial charge in [-0.25, -0.2) is 14.8 Å². The van der Waals surface area contributed by atoms with E-state index in [2.05, 4.69) is 32.7 Å². The number of hydrogen-bond acceptors (Lipinski definition) is 9. The minimum absolute atomic E-state index is 0.0924. The number of ether oxygens (including phenoxy) is 1. The molecule has 0 spiro atoms. The molecular formula is C27H34N6O5. The third kappa shape index (κ3) is 4.71. The highest BCUT2D eigenvalue weighted by Crippen LogP contribution is 2.43. The Morgan fingerprint density at radius 3 is 2.66 bits per heavy atom. The number of fused-ring (bicyclic) bond motifs is 3. The monoisotopic (exact) mass is 522 g/mol. The van der Waals surface area contributed by atoms with Gasteiger partial charge in [0.25, 0.3) is 5.91 Å². The number of rotatable bonds is 6. The summed E-state index contributed by atoms with van der Waals surface area (Å²) in [5.74, 6) is -0.570. The molecule has 0 saturated carbocycles. The quantitative estimate of drug-likeness (QED) is 0.518. The first-order chi connectivity index (χ1) is 18.0. The van der Waals surface area contributed by atoms with Crippen LogP contribution in [0.4, 0.5) is 5.95 Å². The van der Waals surface area contributed by atoms with Crippen molar-refractivity contribution in [1.29, 1.82) is 0 Å². The molecule has 3 heterocycles. The molecule has 1 amide bonds. The SMILES string of the molecule is COC1(C)C=C(C(=O)NC2CCN(C)CC2)C=CC1Nc1ncc2c(n1)-c1onc(C(=O)O)c1CC2(C)C. The number of carboxylic acids is 1. The summed E-state index contributed by atoms with van der Waals surface area (Å²) in [4.78, 5) is 36.2. The fraction of sp³-hybridized carbons (Fsp3) is 0.519. The van der Waals surface area contributed by atoms with Crippen LogP contribution in [0.1, 0.15) is 55.2 Å². The topological polar surface area (TPSA) is 143 Å². The number of nitrogens with zero attached hydrogens (tertiary/aromatic N) is 4. The van der Waals surface area contributed by atoms with Crippen molar-refractivity contribution in [3.8, 4) is 11.5 Å². The molecule has 2 aromatic rings. The molecule has 0 aromatic carbocycles. The number of nitrogens with one attached hydrogen (secondary N) is 2. The normalized spacial score (nSPS) is 24.8. The van der Waals surface area contributed by atoms with E-state index in [1.165, 1.54) is 0 Å². The molecule has 2 aromatic heterocycles. The van der Waals surface area contributed by atoms with Gasteiger partial charge in [0.2, 0.25) is 5.95 Å². The third-order valence-electron chi connectivity index (χ3n) is 7.91. The van der Waals surface area contributed by atoms with Crippen LogP contribution in [0.2, 0.25) is 0 Å². The van der Waals surface area contributed by atoms with Gasteiger partial charge in [-0.05, 0) is 57.8 Å². The van der Waals surface area contributed by atoms with Crippen LogP contribution in [0.15, 0.2) is 34.5 Å². The van der Waals surface area contributed by atoms with Crippen molar-refractivity contribution in [2.45, 2.75) is 63.1 Å². The summed E-state index contributed by atoms with van der Waals surface area (Å²) in [5, 5.41) is 19.8. The fourth-order valence-electron chi connectivity index (χ4n) is 5.40. The first-order valence-electron chi connectivity index (χ1n) is 12.8. The van der Waals surface area contributed by atoms with Crippen molar-refractivity contribution in [3.63, 3.8) is 0 Å². The molecule has 1 saturated heterocycles. The molecule has 2 unspecified atom stereocenters. The second-order valence-electron chi connectivity index (χ2n) is 11.2. The highest BCUT2D eigenvalue weighted by Gasteiger charge is 2.40. The minimum atomic E-state index is -1.13. The standard InChI is InChI=1S/C27H34N6O5/c1-26(2)13-17-20(24(35)36)32-38-22(17)21-18(26)14-28-25(31-21)30-19-7-6-15(12-27(19,3)37-5)23(34)29-16-8-10-33(4)11-9-16/h6-7,12,14,16,19H,8-11,13H2,1-5H3,(H,29,34)(H,35,36)(H,28,30,31). The highest BCUT2D eigenvalue weighted by atomic mass is 16.5. The van der Waals surface area contributed by atoms with Crippen LogP contribution in [0.3, 0.4) is 0 Å². The van der Waals surface area contributed by atoms with Crippen molar-refractivity contribution in [2.75, 3.05) is 32.6 Å². The molecule has 3 N–H and O–H groups in total. The van der Waals surface area contributed by atoms with Crippen LogP contribution in [-0.4, -0.2) is 81.9 Å². The smallest absolute Gasteiger partial charge is 0.358 e. The van der Waals surface area contributed by atoms with E-state index < -0.39 is 17.0 Å². The minimum Gasteiger partial charge on any atom is -0.476 e. The lowest BCUT2D eigenvalue weighted by Gasteiger charge is -2.36. The molecule has 3 aliphatic rings. The van der Waals surface area contributed by atoms with Gasteiger partial charge in [0.1, 0.15) is 11.3 Å². The summed E-state index contributed by atoms with van der Waals surface area (Å²) in [6.45, 7) is 7.85. The summed E-state index contributed by atoms with van der Waals surface area (Å²) >= 11 is 0. The number of likely N-dealkylation sites (tertiary alicyclic amines) is 1. The zero-order valence-corrected chi connectivity index (χ0v) is 22.4. The van der Waals surface area contributed by atoms with E-state index in [-0.39, 0.29) is 23.7 Å². The van der Waals surface area contributed by atoms with Crippen molar-refractivity contribution >= 4 is 17.8 Å². The number of aromatic carboxylic acids is 1. The second-order valence-corrected chi connectivity index (χ2v) is 11.2. The zero-order valence-electron chi connectivity index (χ0n) is 22.4. The van der Waals surface area contributed by atoms with Crippen molar-refractivity contribution in [3.05, 3.63) is 46.8 Å². The van der Waals surface area contributed by atoms with Crippen LogP contribution in [0, 0.1) is 0 Å². The van der Waals surface area contributed by atoms with E-state index in [1.54, 1.807) is 19.4 Å². The van der Waals surface area contributed by atoms with E-state index >= 15 is 0 Å². The van der Waals surface area contributed by atoms with Gasteiger partial charge in [0, 0.05) is 36.0 Å². The largest absolute Gasteiger partial charge is 0.476 e. The molecule has 2 atom stereocenters. The Hall–Kier alpha value is -3.57. The molecule has 38 heavy (non-hydrogen) atoms. The molecule has 0 radical (unpaired) electrons. The van der Waals surface area contributed by atoms with E-state index in [0.29, 0.717) is 35.0 Å². The number of hydrogen-bond donors (Lipinski definition) is 3. The van der Waals surface area contributed by atoms with Gasteiger partial charge in [0.15, 0.2) is 11.5 Å². The van der Waals surface area contributed by atoms with Gasteiger partial charge in [-0.1, -0.05) is 31.2 Å². The number of carbonyl (C=O) groups is 2. The lowest BCUT2D eigenvalue weighted by molar-refractivity contribution is -0.118. The number of piperidine rings is 1. The number of carboxylic acid groups (broad SMARTS) is 1. The van der Waals surface area contributed by atoms with Crippen LogP contribution in [-0.2, 0) is 21.4 Å². The average Bonchev–Trinajstić information content (AvgIpc) is 3.30. The Balaban J connectivity index is 1.37. The molecular weight excluding hydrogens is 488 g/mol. The fourth-order valence-corrected chi connectivity index (χ4v) is 5.40. The van der Waals surface area contributed by atoms with Gasteiger partial charge >= 0.3 is 5.97 Å². The Morgan fingerprint density at radius 2 is 1.97 bits per heavy atom. The maximum Gasteiger partial charge on any atom is 0.358 e.